The molecule has 0 aromatic carbocycles. The smallest absolute Gasteiger partial charge is 0.317 e. The highest BCUT2D eigenvalue weighted by molar-refractivity contribution is 5.79. The molecule has 2 N–H and O–H groups in total. The second-order valence-corrected chi connectivity index (χ2v) is 5.76. The molecule has 1 aliphatic heterocycles. The van der Waals surface area contributed by atoms with Crippen LogP contribution in [0.15, 0.2) is 0 Å². The van der Waals surface area contributed by atoms with E-state index in [2.05, 4.69) is 5.32 Å². The molecule has 1 saturated heterocycles. The Morgan fingerprint density at radius 3 is 2.32 bits per heavy atom. The van der Waals surface area contributed by atoms with Crippen LogP contribution in [-0.4, -0.2) is 53.8 Å². The number of carbonyl (C=O) groups excluding carboxylic acids is 1. The predicted octanol–water partition coefficient (Wildman–Crippen LogP) is 1.06. The Bertz CT molecular complexity index is 358. The Morgan fingerprint density at radius 1 is 1.32 bits per heavy atom. The van der Waals surface area contributed by atoms with Crippen molar-refractivity contribution in [3.05, 3.63) is 0 Å². The van der Waals surface area contributed by atoms with Gasteiger partial charge in [-0.2, -0.15) is 0 Å². The van der Waals surface area contributed by atoms with Gasteiger partial charge in [-0.3, -0.25) is 4.79 Å². The van der Waals surface area contributed by atoms with Crippen molar-refractivity contribution in [2.24, 2.45) is 5.41 Å². The van der Waals surface area contributed by atoms with Crippen molar-refractivity contribution >= 4 is 12.0 Å². The fraction of sp³-hybridized carbons (Fsp3) is 0.846. The number of nitrogens with zero attached hydrogens (tertiary/aromatic N) is 1. The third kappa shape index (κ3) is 3.00. The average molecular weight is 270 g/mol. The standard InChI is InChI=1S/C13H22N2O4/c1-9-6-15(7-10(2)19-9)12(18)14-8-13(11(16)17)4-3-5-13/h9-10H,3-8H2,1-2H3,(H,14,18)(H,16,17). The molecule has 2 fully saturated rings. The summed E-state index contributed by atoms with van der Waals surface area (Å²) in [6.07, 6.45) is 2.27. The van der Waals surface area contributed by atoms with E-state index < -0.39 is 11.4 Å². The lowest BCUT2D eigenvalue weighted by Crippen LogP contribution is -2.55. The molecule has 19 heavy (non-hydrogen) atoms. The van der Waals surface area contributed by atoms with Crippen molar-refractivity contribution < 1.29 is 19.4 Å². The van der Waals surface area contributed by atoms with E-state index in [0.29, 0.717) is 25.9 Å². The Labute approximate surface area is 113 Å². The van der Waals surface area contributed by atoms with E-state index in [0.717, 1.165) is 6.42 Å². The highest BCUT2D eigenvalue weighted by Gasteiger charge is 2.44. The van der Waals surface area contributed by atoms with Crippen molar-refractivity contribution in [3.63, 3.8) is 0 Å². The molecule has 2 aliphatic rings. The van der Waals surface area contributed by atoms with Gasteiger partial charge in [0.05, 0.1) is 17.6 Å². The van der Waals surface area contributed by atoms with Gasteiger partial charge in [-0.25, -0.2) is 4.79 Å². The van der Waals surface area contributed by atoms with Crippen LogP contribution in [0.3, 0.4) is 0 Å². The molecular formula is C13H22N2O4. The molecule has 2 atom stereocenters. The highest BCUT2D eigenvalue weighted by Crippen LogP contribution is 2.40. The molecule has 6 heteroatoms. The summed E-state index contributed by atoms with van der Waals surface area (Å²) in [6, 6.07) is -0.186. The van der Waals surface area contributed by atoms with E-state index in [9.17, 15) is 14.7 Å². The topological polar surface area (TPSA) is 78.9 Å². The molecule has 6 nitrogen and oxygen atoms in total. The first-order valence-corrected chi connectivity index (χ1v) is 6.84. The molecule has 1 heterocycles. The van der Waals surface area contributed by atoms with Gasteiger partial charge in [0.25, 0.3) is 0 Å². The third-order valence-electron chi connectivity index (χ3n) is 4.05. The number of urea groups is 1. The zero-order valence-electron chi connectivity index (χ0n) is 11.5. The van der Waals surface area contributed by atoms with Gasteiger partial charge in [0.15, 0.2) is 0 Å². The minimum Gasteiger partial charge on any atom is -0.481 e. The summed E-state index contributed by atoms with van der Waals surface area (Å²) in [5.74, 6) is -0.803. The maximum Gasteiger partial charge on any atom is 0.317 e. The number of aliphatic carboxylic acids is 1. The van der Waals surface area contributed by atoms with Gasteiger partial charge in [-0.05, 0) is 26.7 Å². The molecule has 0 spiro atoms. The van der Waals surface area contributed by atoms with Gasteiger partial charge < -0.3 is 20.1 Å². The number of hydrogen-bond acceptors (Lipinski definition) is 3. The van der Waals surface area contributed by atoms with E-state index in [1.165, 1.54) is 0 Å². The van der Waals surface area contributed by atoms with Crippen molar-refractivity contribution in [1.82, 2.24) is 10.2 Å². The number of nitrogens with one attached hydrogen (secondary N) is 1. The van der Waals surface area contributed by atoms with Crippen LogP contribution >= 0.6 is 0 Å². The molecular weight excluding hydrogens is 248 g/mol. The van der Waals surface area contributed by atoms with Crippen molar-refractivity contribution in [1.29, 1.82) is 0 Å². The average Bonchev–Trinajstić information content (AvgIpc) is 2.25. The monoisotopic (exact) mass is 270 g/mol. The summed E-state index contributed by atoms with van der Waals surface area (Å²) < 4.78 is 5.57. The summed E-state index contributed by atoms with van der Waals surface area (Å²) in [4.78, 5) is 25.0. The molecule has 0 aromatic heterocycles. The Balaban J connectivity index is 1.85. The first-order chi connectivity index (χ1) is 8.93. The van der Waals surface area contributed by atoms with Crippen LogP contribution in [0.1, 0.15) is 33.1 Å². The lowest BCUT2D eigenvalue weighted by Gasteiger charge is -2.39. The van der Waals surface area contributed by atoms with Crippen LogP contribution in [0, 0.1) is 5.41 Å². The summed E-state index contributed by atoms with van der Waals surface area (Å²) in [7, 11) is 0. The number of ether oxygens (including phenoxy) is 1. The zero-order chi connectivity index (χ0) is 14.0. The first kappa shape index (κ1) is 14.1. The van der Waals surface area contributed by atoms with Crippen LogP contribution in [-0.2, 0) is 9.53 Å². The number of carbonyl (C=O) groups is 2. The molecule has 2 amide bonds. The number of carboxylic acid groups (broad SMARTS) is 1. The van der Waals surface area contributed by atoms with Gasteiger partial charge >= 0.3 is 12.0 Å². The van der Waals surface area contributed by atoms with Gasteiger partial charge in [0.1, 0.15) is 0 Å². The largest absolute Gasteiger partial charge is 0.481 e. The SMILES string of the molecule is CC1CN(C(=O)NCC2(C(=O)O)CCC2)CC(C)O1. The van der Waals surface area contributed by atoms with Crippen LogP contribution in [0.25, 0.3) is 0 Å². The Kier molecular flexibility index (Phi) is 3.99. The Morgan fingerprint density at radius 2 is 1.89 bits per heavy atom. The maximum atomic E-state index is 12.1. The van der Waals surface area contributed by atoms with E-state index in [1.54, 1.807) is 4.90 Å². The fourth-order valence-corrected chi connectivity index (χ4v) is 2.77. The van der Waals surface area contributed by atoms with E-state index in [4.69, 9.17) is 4.74 Å². The summed E-state index contributed by atoms with van der Waals surface area (Å²) in [6.45, 7) is 5.19. The quantitative estimate of drug-likeness (QED) is 0.803. The molecule has 0 aromatic rings. The lowest BCUT2D eigenvalue weighted by molar-refractivity contribution is -0.153. The molecule has 1 saturated carbocycles. The molecule has 0 radical (unpaired) electrons. The van der Waals surface area contributed by atoms with Crippen LogP contribution in [0.4, 0.5) is 4.79 Å². The summed E-state index contributed by atoms with van der Waals surface area (Å²) in [5.41, 5.74) is -0.737. The second-order valence-electron chi connectivity index (χ2n) is 5.76. The van der Waals surface area contributed by atoms with Gasteiger partial charge in [-0.15, -0.1) is 0 Å². The number of morpholine rings is 1. The van der Waals surface area contributed by atoms with Crippen LogP contribution in [0.5, 0.6) is 0 Å². The number of carboxylic acids is 1. The summed E-state index contributed by atoms with van der Waals surface area (Å²) >= 11 is 0. The second kappa shape index (κ2) is 5.36. The molecule has 2 rings (SSSR count). The van der Waals surface area contributed by atoms with E-state index in [-0.39, 0.29) is 24.8 Å². The lowest BCUT2D eigenvalue weighted by atomic mass is 9.69. The zero-order valence-corrected chi connectivity index (χ0v) is 11.5. The maximum absolute atomic E-state index is 12.1. The third-order valence-corrected chi connectivity index (χ3v) is 4.05. The normalized spacial score (nSPS) is 29.5. The molecule has 1 aliphatic carbocycles. The molecule has 108 valence electrons. The van der Waals surface area contributed by atoms with Gasteiger partial charge in [0.2, 0.25) is 0 Å². The summed E-state index contributed by atoms with van der Waals surface area (Å²) in [5, 5.41) is 12.0. The molecule has 0 bridgehead atoms. The van der Waals surface area contributed by atoms with Crippen LogP contribution in [0.2, 0.25) is 0 Å². The van der Waals surface area contributed by atoms with Crippen LogP contribution < -0.4 is 5.32 Å². The van der Waals surface area contributed by atoms with E-state index in [1.807, 2.05) is 13.8 Å². The minimum atomic E-state index is -0.803. The number of rotatable bonds is 3. The van der Waals surface area contributed by atoms with E-state index >= 15 is 0 Å². The van der Waals surface area contributed by atoms with Gasteiger partial charge in [0, 0.05) is 19.6 Å². The van der Waals surface area contributed by atoms with Crippen molar-refractivity contribution in [3.8, 4) is 0 Å². The highest BCUT2D eigenvalue weighted by atomic mass is 16.5. The van der Waals surface area contributed by atoms with Gasteiger partial charge in [-0.1, -0.05) is 6.42 Å². The Hall–Kier alpha value is -1.30. The van der Waals surface area contributed by atoms with Crippen molar-refractivity contribution in [2.75, 3.05) is 19.6 Å². The number of amides is 2. The first-order valence-electron chi connectivity index (χ1n) is 6.84. The van der Waals surface area contributed by atoms with Crippen molar-refractivity contribution in [2.45, 2.75) is 45.3 Å². The predicted molar refractivity (Wildman–Crippen MR) is 68.9 cm³/mol. The number of hydrogen-bond donors (Lipinski definition) is 2. The molecule has 2 unspecified atom stereocenters. The fourth-order valence-electron chi connectivity index (χ4n) is 2.77. The minimum absolute atomic E-state index is 0.0200.